The summed E-state index contributed by atoms with van der Waals surface area (Å²) in [5.41, 5.74) is 4.19. The van der Waals surface area contributed by atoms with Crippen LogP contribution in [0.2, 0.25) is 0 Å². The highest BCUT2D eigenvalue weighted by Gasteiger charge is 2.10. The molecular weight excluding hydrogens is 482 g/mol. The number of guanidine groups is 1. The average molecular weight is 512 g/mol. The molecule has 0 aromatic heterocycles. The second-order valence-electron chi connectivity index (χ2n) is 7.07. The molecule has 3 rings (SSSR count). The van der Waals surface area contributed by atoms with Gasteiger partial charge >= 0.3 is 0 Å². The lowest BCUT2D eigenvalue weighted by Crippen LogP contribution is -2.36. The molecule has 0 bridgehead atoms. The largest absolute Gasteiger partial charge is 0.379 e. The standard InChI is InChI=1S/C22H29FN4O.HI/c1-17-13-20(7-8-21(17)23)15-26-22(24-2)25-14-18-3-5-19(6-4-18)16-27-9-11-28-12-10-27;/h3-8,13H,9-12,14-16H2,1-2H3,(H2,24,25,26);1H. The van der Waals surface area contributed by atoms with Crippen molar-refractivity contribution in [2.45, 2.75) is 26.6 Å². The number of aryl methyl sites for hydroxylation is 1. The fourth-order valence-corrected chi connectivity index (χ4v) is 3.19. The molecule has 0 radical (unpaired) electrons. The highest BCUT2D eigenvalue weighted by Crippen LogP contribution is 2.10. The molecular formula is C22H30FIN4O. The van der Waals surface area contributed by atoms with Gasteiger partial charge in [-0.15, -0.1) is 24.0 Å². The van der Waals surface area contributed by atoms with Gasteiger partial charge in [0.25, 0.3) is 0 Å². The summed E-state index contributed by atoms with van der Waals surface area (Å²) in [4.78, 5) is 6.67. The number of benzene rings is 2. The first kappa shape index (κ1) is 23.6. The molecule has 2 N–H and O–H groups in total. The van der Waals surface area contributed by atoms with Crippen LogP contribution in [0.4, 0.5) is 4.39 Å². The lowest BCUT2D eigenvalue weighted by Gasteiger charge is -2.26. The zero-order valence-corrected chi connectivity index (χ0v) is 19.4. The summed E-state index contributed by atoms with van der Waals surface area (Å²) in [6.45, 7) is 7.68. The fraction of sp³-hybridized carbons (Fsp3) is 0.409. The van der Waals surface area contributed by atoms with Crippen LogP contribution in [0.1, 0.15) is 22.3 Å². The lowest BCUT2D eigenvalue weighted by molar-refractivity contribution is 0.0342. The molecule has 1 aliphatic rings. The predicted octanol–water partition coefficient (Wildman–Crippen LogP) is 3.45. The summed E-state index contributed by atoms with van der Waals surface area (Å²) in [5.74, 6) is 0.544. The van der Waals surface area contributed by atoms with Crippen molar-refractivity contribution in [3.8, 4) is 0 Å². The van der Waals surface area contributed by atoms with Gasteiger partial charge in [-0.1, -0.05) is 36.4 Å². The van der Waals surface area contributed by atoms with Crippen LogP contribution in [0.5, 0.6) is 0 Å². The van der Waals surface area contributed by atoms with E-state index in [1.807, 2.05) is 6.07 Å². The van der Waals surface area contributed by atoms with Crippen molar-refractivity contribution in [2.24, 2.45) is 4.99 Å². The average Bonchev–Trinajstić information content (AvgIpc) is 2.72. The first-order valence-corrected chi connectivity index (χ1v) is 9.71. The number of halogens is 2. The summed E-state index contributed by atoms with van der Waals surface area (Å²) in [6.07, 6.45) is 0. The van der Waals surface area contributed by atoms with E-state index >= 15 is 0 Å². The first-order valence-electron chi connectivity index (χ1n) is 9.71. The van der Waals surface area contributed by atoms with E-state index in [0.29, 0.717) is 18.7 Å². The number of hydrogen-bond donors (Lipinski definition) is 2. The van der Waals surface area contributed by atoms with E-state index in [-0.39, 0.29) is 29.8 Å². The van der Waals surface area contributed by atoms with Crippen LogP contribution in [-0.2, 0) is 24.4 Å². The molecule has 0 unspecified atom stereocenters. The van der Waals surface area contributed by atoms with Crippen molar-refractivity contribution in [3.63, 3.8) is 0 Å². The highest BCUT2D eigenvalue weighted by molar-refractivity contribution is 14.0. The van der Waals surface area contributed by atoms with Crippen LogP contribution in [0.15, 0.2) is 47.5 Å². The van der Waals surface area contributed by atoms with E-state index in [1.54, 1.807) is 20.0 Å². The molecule has 158 valence electrons. The Morgan fingerprint density at radius 2 is 1.59 bits per heavy atom. The van der Waals surface area contributed by atoms with Crippen LogP contribution in [0.25, 0.3) is 0 Å². The van der Waals surface area contributed by atoms with E-state index in [0.717, 1.165) is 44.4 Å². The molecule has 0 atom stereocenters. The molecule has 2 aromatic carbocycles. The minimum absolute atomic E-state index is 0. The Kier molecular flexibility index (Phi) is 9.83. The van der Waals surface area contributed by atoms with Gasteiger partial charge in [-0.05, 0) is 35.2 Å². The number of nitrogens with one attached hydrogen (secondary N) is 2. The quantitative estimate of drug-likeness (QED) is 0.354. The Bertz CT molecular complexity index is 792. The zero-order chi connectivity index (χ0) is 19.8. The Balaban J connectivity index is 0.00000300. The SMILES string of the molecule is CN=C(NCc1ccc(CN2CCOCC2)cc1)NCc1ccc(F)c(C)c1.I. The highest BCUT2D eigenvalue weighted by atomic mass is 127. The fourth-order valence-electron chi connectivity index (χ4n) is 3.19. The zero-order valence-electron chi connectivity index (χ0n) is 17.1. The maximum Gasteiger partial charge on any atom is 0.191 e. The second-order valence-corrected chi connectivity index (χ2v) is 7.07. The Morgan fingerprint density at radius 3 is 2.21 bits per heavy atom. The van der Waals surface area contributed by atoms with Gasteiger partial charge in [0, 0.05) is 39.8 Å². The van der Waals surface area contributed by atoms with Crippen LogP contribution < -0.4 is 10.6 Å². The number of nitrogens with zero attached hydrogens (tertiary/aromatic N) is 2. The molecule has 1 heterocycles. The molecule has 29 heavy (non-hydrogen) atoms. The third kappa shape index (κ3) is 7.56. The molecule has 5 nitrogen and oxygen atoms in total. The van der Waals surface area contributed by atoms with Gasteiger partial charge in [0.15, 0.2) is 5.96 Å². The lowest BCUT2D eigenvalue weighted by atomic mass is 10.1. The van der Waals surface area contributed by atoms with Gasteiger partial charge in [0.1, 0.15) is 5.82 Å². The molecule has 0 aliphatic carbocycles. The van der Waals surface area contributed by atoms with Crippen molar-refractivity contribution in [1.29, 1.82) is 0 Å². The van der Waals surface area contributed by atoms with Gasteiger partial charge in [-0.25, -0.2) is 4.39 Å². The third-order valence-corrected chi connectivity index (χ3v) is 4.90. The number of hydrogen-bond acceptors (Lipinski definition) is 3. The third-order valence-electron chi connectivity index (χ3n) is 4.90. The summed E-state index contributed by atoms with van der Waals surface area (Å²) < 4.78 is 18.8. The van der Waals surface area contributed by atoms with Crippen LogP contribution in [-0.4, -0.2) is 44.2 Å². The molecule has 0 saturated carbocycles. The van der Waals surface area contributed by atoms with Crippen LogP contribution >= 0.6 is 24.0 Å². The molecule has 0 amide bonds. The summed E-state index contributed by atoms with van der Waals surface area (Å²) in [7, 11) is 1.75. The number of rotatable bonds is 6. The molecule has 1 aliphatic heterocycles. The Hall–Kier alpha value is -1.71. The van der Waals surface area contributed by atoms with Crippen molar-refractivity contribution < 1.29 is 9.13 Å². The van der Waals surface area contributed by atoms with Crippen LogP contribution in [0.3, 0.4) is 0 Å². The van der Waals surface area contributed by atoms with E-state index in [1.165, 1.54) is 17.2 Å². The molecule has 0 spiro atoms. The smallest absolute Gasteiger partial charge is 0.191 e. The normalized spacial score (nSPS) is 14.9. The van der Waals surface area contributed by atoms with Crippen molar-refractivity contribution in [1.82, 2.24) is 15.5 Å². The van der Waals surface area contributed by atoms with Gasteiger partial charge in [-0.3, -0.25) is 9.89 Å². The summed E-state index contributed by atoms with van der Waals surface area (Å²) in [5, 5.41) is 6.59. The van der Waals surface area contributed by atoms with Gasteiger partial charge in [0.2, 0.25) is 0 Å². The van der Waals surface area contributed by atoms with Gasteiger partial charge < -0.3 is 15.4 Å². The van der Waals surface area contributed by atoms with Gasteiger partial charge in [0.05, 0.1) is 13.2 Å². The van der Waals surface area contributed by atoms with Gasteiger partial charge in [-0.2, -0.15) is 0 Å². The first-order chi connectivity index (χ1) is 13.6. The van der Waals surface area contributed by atoms with E-state index in [2.05, 4.69) is 44.8 Å². The Labute approximate surface area is 189 Å². The second kappa shape index (κ2) is 12.1. The topological polar surface area (TPSA) is 48.9 Å². The minimum atomic E-state index is -0.177. The van der Waals surface area contributed by atoms with Crippen molar-refractivity contribution in [3.05, 3.63) is 70.5 Å². The maximum absolute atomic E-state index is 13.4. The Morgan fingerprint density at radius 1 is 1.00 bits per heavy atom. The number of aliphatic imine (C=N–C) groups is 1. The monoisotopic (exact) mass is 512 g/mol. The van der Waals surface area contributed by atoms with E-state index in [4.69, 9.17) is 4.74 Å². The molecule has 7 heteroatoms. The molecule has 1 fully saturated rings. The number of morpholine rings is 1. The van der Waals surface area contributed by atoms with Crippen LogP contribution in [0, 0.1) is 12.7 Å². The summed E-state index contributed by atoms with van der Waals surface area (Å²) >= 11 is 0. The van der Waals surface area contributed by atoms with E-state index < -0.39 is 0 Å². The predicted molar refractivity (Wildman–Crippen MR) is 126 cm³/mol. The van der Waals surface area contributed by atoms with Crippen molar-refractivity contribution >= 4 is 29.9 Å². The number of ether oxygens (including phenoxy) is 1. The van der Waals surface area contributed by atoms with Crippen molar-refractivity contribution in [2.75, 3.05) is 33.4 Å². The molecule has 1 saturated heterocycles. The van der Waals surface area contributed by atoms with E-state index in [9.17, 15) is 4.39 Å². The summed E-state index contributed by atoms with van der Waals surface area (Å²) in [6, 6.07) is 13.8. The minimum Gasteiger partial charge on any atom is -0.379 e. The molecule has 2 aromatic rings. The maximum atomic E-state index is 13.4.